The lowest BCUT2D eigenvalue weighted by Crippen LogP contribution is -2.28. The van der Waals surface area contributed by atoms with Crippen molar-refractivity contribution in [3.05, 3.63) is 57.1 Å². The molecule has 1 aliphatic heterocycles. The van der Waals surface area contributed by atoms with Crippen LogP contribution in [-0.2, 0) is 9.59 Å². The van der Waals surface area contributed by atoms with Gasteiger partial charge >= 0.3 is 0 Å². The maximum Gasteiger partial charge on any atom is 0.293 e. The van der Waals surface area contributed by atoms with E-state index >= 15 is 0 Å². The summed E-state index contributed by atoms with van der Waals surface area (Å²) in [6.45, 7) is 0.212. The molecule has 1 aliphatic rings. The molecule has 1 N–H and O–H groups in total. The number of methoxy groups -OCH3 is 1. The van der Waals surface area contributed by atoms with E-state index in [-0.39, 0.29) is 30.2 Å². The molecule has 0 aliphatic carbocycles. The van der Waals surface area contributed by atoms with Crippen LogP contribution in [0.5, 0.6) is 5.75 Å². The number of nitro benzene ring substituents is 1. The molecule has 27 heavy (non-hydrogen) atoms. The largest absolute Gasteiger partial charge is 0.497 e. The molecule has 0 saturated carbocycles. The lowest BCUT2D eigenvalue weighted by Gasteiger charge is -2.17. The van der Waals surface area contributed by atoms with Crippen LogP contribution in [0.15, 0.2) is 46.9 Å². The number of hydrogen-bond donors (Lipinski definition) is 1. The average molecular weight is 434 g/mol. The van der Waals surface area contributed by atoms with Crippen LogP contribution in [0.4, 0.5) is 17.1 Å². The third-order valence-corrected chi connectivity index (χ3v) is 4.82. The van der Waals surface area contributed by atoms with Gasteiger partial charge in [0, 0.05) is 35.3 Å². The van der Waals surface area contributed by atoms with Crippen molar-refractivity contribution in [1.82, 2.24) is 0 Å². The number of hydrogen-bond acceptors (Lipinski definition) is 5. The molecule has 1 heterocycles. The van der Waals surface area contributed by atoms with Gasteiger partial charge in [-0.15, -0.1) is 0 Å². The summed E-state index contributed by atoms with van der Waals surface area (Å²) in [5, 5.41) is 13.8. The number of nitrogens with one attached hydrogen (secondary N) is 1. The molecule has 2 amide bonds. The molecule has 9 heteroatoms. The van der Waals surface area contributed by atoms with E-state index in [1.165, 1.54) is 30.2 Å². The van der Waals surface area contributed by atoms with Crippen molar-refractivity contribution in [1.29, 1.82) is 0 Å². The number of anilines is 2. The van der Waals surface area contributed by atoms with Crippen LogP contribution in [0.2, 0.25) is 0 Å². The molecule has 0 radical (unpaired) electrons. The first-order chi connectivity index (χ1) is 12.9. The highest BCUT2D eigenvalue weighted by Gasteiger charge is 2.35. The number of nitro groups is 1. The van der Waals surface area contributed by atoms with Gasteiger partial charge in [0.15, 0.2) is 0 Å². The molecule has 0 aromatic heterocycles. The Labute approximate surface area is 163 Å². The minimum Gasteiger partial charge on any atom is -0.497 e. The summed E-state index contributed by atoms with van der Waals surface area (Å²) in [6, 6.07) is 11.3. The van der Waals surface area contributed by atoms with Crippen molar-refractivity contribution in [3.8, 4) is 5.75 Å². The van der Waals surface area contributed by atoms with Crippen molar-refractivity contribution >= 4 is 44.8 Å². The van der Waals surface area contributed by atoms with Crippen LogP contribution < -0.4 is 15.0 Å². The van der Waals surface area contributed by atoms with Gasteiger partial charge in [-0.3, -0.25) is 19.7 Å². The van der Waals surface area contributed by atoms with Gasteiger partial charge in [-0.2, -0.15) is 0 Å². The van der Waals surface area contributed by atoms with E-state index in [4.69, 9.17) is 4.74 Å². The van der Waals surface area contributed by atoms with E-state index in [2.05, 4.69) is 21.2 Å². The Morgan fingerprint density at radius 3 is 2.63 bits per heavy atom. The lowest BCUT2D eigenvalue weighted by molar-refractivity contribution is -0.383. The zero-order valence-corrected chi connectivity index (χ0v) is 15.9. The molecule has 140 valence electrons. The molecule has 1 saturated heterocycles. The number of ether oxygens (including phenoxy) is 1. The number of nitrogens with zero attached hydrogens (tertiary/aromatic N) is 2. The molecule has 8 nitrogen and oxygen atoms in total. The Morgan fingerprint density at radius 1 is 1.30 bits per heavy atom. The number of rotatable bonds is 5. The van der Waals surface area contributed by atoms with Gasteiger partial charge in [0.25, 0.3) is 5.69 Å². The van der Waals surface area contributed by atoms with Gasteiger partial charge in [-0.25, -0.2) is 0 Å². The van der Waals surface area contributed by atoms with Crippen LogP contribution in [0.1, 0.15) is 6.42 Å². The Kier molecular flexibility index (Phi) is 5.41. The molecule has 1 atom stereocenters. The summed E-state index contributed by atoms with van der Waals surface area (Å²) in [7, 11) is 1.43. The predicted octanol–water partition coefficient (Wildman–Crippen LogP) is 3.36. The molecular weight excluding hydrogens is 418 g/mol. The van der Waals surface area contributed by atoms with E-state index in [0.29, 0.717) is 11.4 Å². The molecular formula is C18H16BrN3O5. The monoisotopic (exact) mass is 433 g/mol. The van der Waals surface area contributed by atoms with Gasteiger partial charge in [-0.1, -0.05) is 15.9 Å². The molecule has 2 aromatic carbocycles. The number of benzene rings is 2. The fourth-order valence-corrected chi connectivity index (χ4v) is 3.15. The summed E-state index contributed by atoms with van der Waals surface area (Å²) in [5.74, 6) is -0.834. The predicted molar refractivity (Wildman–Crippen MR) is 103 cm³/mol. The Morgan fingerprint density at radius 2 is 2.00 bits per heavy atom. The first-order valence-corrected chi connectivity index (χ1v) is 8.87. The second-order valence-electron chi connectivity index (χ2n) is 6.01. The minimum atomic E-state index is -0.605. The summed E-state index contributed by atoms with van der Waals surface area (Å²) >= 11 is 3.34. The molecule has 0 bridgehead atoms. The molecule has 1 fully saturated rings. The van der Waals surface area contributed by atoms with Gasteiger partial charge in [0.1, 0.15) is 11.4 Å². The summed E-state index contributed by atoms with van der Waals surface area (Å²) in [6.07, 6.45) is 0.0413. The third kappa shape index (κ3) is 4.08. The topological polar surface area (TPSA) is 102 Å². The van der Waals surface area contributed by atoms with Gasteiger partial charge in [0.2, 0.25) is 11.8 Å². The first-order valence-electron chi connectivity index (χ1n) is 8.08. The van der Waals surface area contributed by atoms with Crippen molar-refractivity contribution < 1.29 is 19.2 Å². The van der Waals surface area contributed by atoms with Crippen molar-refractivity contribution in [2.24, 2.45) is 5.92 Å². The highest BCUT2D eigenvalue weighted by molar-refractivity contribution is 9.10. The Hall–Kier alpha value is -2.94. The summed E-state index contributed by atoms with van der Waals surface area (Å²) in [4.78, 5) is 37.1. The zero-order chi connectivity index (χ0) is 19.6. The number of carbonyl (C=O) groups is 2. The van der Waals surface area contributed by atoms with Crippen molar-refractivity contribution in [2.75, 3.05) is 23.9 Å². The average Bonchev–Trinajstić information content (AvgIpc) is 3.04. The van der Waals surface area contributed by atoms with E-state index in [0.717, 1.165) is 4.47 Å². The zero-order valence-electron chi connectivity index (χ0n) is 14.3. The first kappa shape index (κ1) is 18.8. The second-order valence-corrected chi connectivity index (χ2v) is 6.93. The van der Waals surface area contributed by atoms with Crippen LogP contribution >= 0.6 is 15.9 Å². The minimum absolute atomic E-state index is 0.0406. The van der Waals surface area contributed by atoms with E-state index in [9.17, 15) is 19.7 Å². The Bertz CT molecular complexity index is 900. The fraction of sp³-hybridized carbons (Fsp3) is 0.222. The van der Waals surface area contributed by atoms with Crippen molar-refractivity contribution in [3.63, 3.8) is 0 Å². The highest BCUT2D eigenvalue weighted by atomic mass is 79.9. The van der Waals surface area contributed by atoms with Gasteiger partial charge in [-0.05, 0) is 30.3 Å². The number of halogens is 1. The van der Waals surface area contributed by atoms with Crippen LogP contribution in [0, 0.1) is 16.0 Å². The Balaban J connectivity index is 1.77. The van der Waals surface area contributed by atoms with Crippen LogP contribution in [0.25, 0.3) is 0 Å². The normalized spacial score (nSPS) is 16.3. The van der Waals surface area contributed by atoms with E-state index in [1.54, 1.807) is 12.1 Å². The lowest BCUT2D eigenvalue weighted by atomic mass is 10.1. The van der Waals surface area contributed by atoms with Gasteiger partial charge in [0.05, 0.1) is 18.0 Å². The molecule has 3 rings (SSSR count). The van der Waals surface area contributed by atoms with Crippen molar-refractivity contribution in [2.45, 2.75) is 6.42 Å². The number of carbonyl (C=O) groups excluding carboxylic acids is 2. The van der Waals surface area contributed by atoms with E-state index in [1.807, 2.05) is 12.1 Å². The molecule has 0 spiro atoms. The SMILES string of the molecule is COc1ccc([N+](=O)[O-])c(NC(=O)[C@@H]2CC(=O)N(c3ccc(Br)cc3)C2)c1. The fourth-order valence-electron chi connectivity index (χ4n) is 2.89. The van der Waals surface area contributed by atoms with E-state index < -0.39 is 16.7 Å². The smallest absolute Gasteiger partial charge is 0.293 e. The maximum atomic E-state index is 12.6. The second kappa shape index (κ2) is 7.75. The number of amides is 2. The highest BCUT2D eigenvalue weighted by Crippen LogP contribution is 2.31. The molecule has 0 unspecified atom stereocenters. The summed E-state index contributed by atoms with van der Waals surface area (Å²) in [5.41, 5.74) is 0.503. The summed E-state index contributed by atoms with van der Waals surface area (Å²) < 4.78 is 5.94. The quantitative estimate of drug-likeness (QED) is 0.575. The van der Waals surface area contributed by atoms with Gasteiger partial charge < -0.3 is 15.0 Å². The molecule has 2 aromatic rings. The standard InChI is InChI=1S/C18H16BrN3O5/c1-27-14-6-7-16(22(25)26)15(9-14)20-18(24)11-8-17(23)21(10-11)13-4-2-12(19)3-5-13/h2-7,9,11H,8,10H2,1H3,(H,20,24)/t11-/m1/s1. The van der Waals surface area contributed by atoms with Crippen LogP contribution in [0.3, 0.4) is 0 Å². The third-order valence-electron chi connectivity index (χ3n) is 4.29. The van der Waals surface area contributed by atoms with Crippen LogP contribution in [-0.4, -0.2) is 30.4 Å². The maximum absolute atomic E-state index is 12.6.